The van der Waals surface area contributed by atoms with Crippen LogP contribution >= 0.6 is 0 Å². The second-order valence-electron chi connectivity index (χ2n) is 6.44. The molecule has 1 aliphatic heterocycles. The van der Waals surface area contributed by atoms with Crippen LogP contribution in [0.5, 0.6) is 0 Å². The van der Waals surface area contributed by atoms with E-state index in [4.69, 9.17) is 0 Å². The molecule has 0 fully saturated rings. The Morgan fingerprint density at radius 2 is 1.83 bits per heavy atom. The van der Waals surface area contributed by atoms with Gasteiger partial charge in [0.15, 0.2) is 5.78 Å². The van der Waals surface area contributed by atoms with Gasteiger partial charge in [0, 0.05) is 18.7 Å². The minimum Gasteiger partial charge on any atom is -0.481 e. The van der Waals surface area contributed by atoms with Crippen molar-refractivity contribution in [3.63, 3.8) is 0 Å². The molecule has 0 aliphatic carbocycles. The molecule has 126 valence electrons. The Labute approximate surface area is 142 Å². The molecule has 2 aromatic rings. The Hall–Kier alpha value is -2.36. The van der Waals surface area contributed by atoms with Gasteiger partial charge >= 0.3 is 5.97 Å². The zero-order valence-electron chi connectivity index (χ0n) is 13.8. The molecule has 4 nitrogen and oxygen atoms in total. The molecule has 0 bridgehead atoms. The molecule has 1 aromatic carbocycles. The number of aromatic nitrogens is 1. The molecular formula is C20H23NO3. The highest BCUT2D eigenvalue weighted by atomic mass is 16.4. The highest BCUT2D eigenvalue weighted by molar-refractivity contribution is 5.95. The first-order chi connectivity index (χ1) is 11.7. The van der Waals surface area contributed by atoms with Crippen molar-refractivity contribution < 1.29 is 14.7 Å². The summed E-state index contributed by atoms with van der Waals surface area (Å²) in [4.78, 5) is 23.6. The number of benzene rings is 1. The average Bonchev–Trinajstić information content (AvgIpc) is 3.16. The van der Waals surface area contributed by atoms with Gasteiger partial charge in [0.2, 0.25) is 0 Å². The smallest absolute Gasteiger partial charge is 0.312 e. The van der Waals surface area contributed by atoms with Gasteiger partial charge in [-0.05, 0) is 43.4 Å². The molecule has 4 heteroatoms. The summed E-state index contributed by atoms with van der Waals surface area (Å²) in [6.07, 6.45) is 5.18. The van der Waals surface area contributed by atoms with E-state index in [1.807, 2.05) is 10.6 Å². The fourth-order valence-electron chi connectivity index (χ4n) is 3.50. The summed E-state index contributed by atoms with van der Waals surface area (Å²) in [7, 11) is 0. The Morgan fingerprint density at radius 3 is 2.58 bits per heavy atom. The summed E-state index contributed by atoms with van der Waals surface area (Å²) in [5.41, 5.74) is 2.79. The molecule has 1 unspecified atom stereocenters. The molecule has 0 amide bonds. The van der Waals surface area contributed by atoms with Crippen LogP contribution in [-0.2, 0) is 17.8 Å². The number of fused-ring (bicyclic) bond motifs is 1. The lowest BCUT2D eigenvalue weighted by atomic mass is 10.0. The van der Waals surface area contributed by atoms with Crippen molar-refractivity contribution in [1.82, 2.24) is 4.57 Å². The van der Waals surface area contributed by atoms with Crippen LogP contribution in [0.4, 0.5) is 0 Å². The predicted octanol–water partition coefficient (Wildman–Crippen LogP) is 4.05. The second kappa shape index (κ2) is 7.47. The number of carbonyl (C=O) groups is 2. The van der Waals surface area contributed by atoms with E-state index in [1.54, 1.807) is 12.1 Å². The van der Waals surface area contributed by atoms with Crippen LogP contribution < -0.4 is 0 Å². The van der Waals surface area contributed by atoms with E-state index in [0.717, 1.165) is 31.4 Å². The van der Waals surface area contributed by atoms with E-state index in [0.29, 0.717) is 25.1 Å². The number of aryl methyl sites for hydroxylation is 1. The van der Waals surface area contributed by atoms with E-state index in [1.165, 1.54) is 5.56 Å². The van der Waals surface area contributed by atoms with Gasteiger partial charge < -0.3 is 9.67 Å². The summed E-state index contributed by atoms with van der Waals surface area (Å²) >= 11 is 0. The minimum atomic E-state index is -0.799. The van der Waals surface area contributed by atoms with Gasteiger partial charge in [-0.15, -0.1) is 0 Å². The number of Topliss-reactive ketones (excluding diaryl/α,β-unsaturated/α-hetero) is 1. The normalized spacial score (nSPS) is 16.1. The van der Waals surface area contributed by atoms with Crippen molar-refractivity contribution in [3.8, 4) is 0 Å². The van der Waals surface area contributed by atoms with Gasteiger partial charge in [-0.1, -0.05) is 36.8 Å². The molecule has 1 atom stereocenters. The standard InChI is InChI=1S/C20H23NO3/c22-19(10-6-2-5-9-15-7-3-1-4-8-15)18-12-11-17-16(20(23)24)13-14-21(17)18/h1,3-4,7-8,11-12,16H,2,5-6,9-10,13-14H2,(H,23,24). The van der Waals surface area contributed by atoms with Gasteiger partial charge in [0.25, 0.3) is 0 Å². The zero-order chi connectivity index (χ0) is 16.9. The molecule has 3 rings (SSSR count). The number of aliphatic carboxylic acids is 1. The highest BCUT2D eigenvalue weighted by Crippen LogP contribution is 2.31. The van der Waals surface area contributed by atoms with Crippen LogP contribution in [0.25, 0.3) is 0 Å². The lowest BCUT2D eigenvalue weighted by Crippen LogP contribution is -2.09. The fourth-order valence-corrected chi connectivity index (χ4v) is 3.50. The number of rotatable bonds is 8. The largest absolute Gasteiger partial charge is 0.481 e. The summed E-state index contributed by atoms with van der Waals surface area (Å²) in [6, 6.07) is 14.0. The molecule has 1 aromatic heterocycles. The molecule has 0 spiro atoms. The fraction of sp³-hybridized carbons (Fsp3) is 0.400. The number of hydrogen-bond donors (Lipinski definition) is 1. The van der Waals surface area contributed by atoms with Crippen molar-refractivity contribution in [2.75, 3.05) is 0 Å². The van der Waals surface area contributed by atoms with Gasteiger partial charge in [-0.3, -0.25) is 9.59 Å². The number of carboxylic acid groups (broad SMARTS) is 1. The third-order valence-corrected chi connectivity index (χ3v) is 4.81. The van der Waals surface area contributed by atoms with Crippen molar-refractivity contribution in [1.29, 1.82) is 0 Å². The Morgan fingerprint density at radius 1 is 1.04 bits per heavy atom. The molecule has 24 heavy (non-hydrogen) atoms. The molecule has 0 radical (unpaired) electrons. The lowest BCUT2D eigenvalue weighted by molar-refractivity contribution is -0.138. The minimum absolute atomic E-state index is 0.131. The number of hydrogen-bond acceptors (Lipinski definition) is 2. The predicted molar refractivity (Wildman–Crippen MR) is 92.4 cm³/mol. The van der Waals surface area contributed by atoms with Gasteiger partial charge in [0.1, 0.15) is 0 Å². The van der Waals surface area contributed by atoms with Crippen molar-refractivity contribution in [3.05, 3.63) is 59.4 Å². The maximum atomic E-state index is 12.4. The van der Waals surface area contributed by atoms with E-state index in [-0.39, 0.29) is 5.78 Å². The number of unbranched alkanes of at least 4 members (excludes halogenated alkanes) is 2. The van der Waals surface area contributed by atoms with Crippen LogP contribution in [0.2, 0.25) is 0 Å². The van der Waals surface area contributed by atoms with Crippen LogP contribution in [0.15, 0.2) is 42.5 Å². The summed E-state index contributed by atoms with van der Waals surface area (Å²) in [6.45, 7) is 0.633. The third kappa shape index (κ3) is 3.58. The van der Waals surface area contributed by atoms with Crippen molar-refractivity contribution >= 4 is 11.8 Å². The Kier molecular flexibility index (Phi) is 5.14. The Bertz CT molecular complexity index is 718. The van der Waals surface area contributed by atoms with E-state index < -0.39 is 11.9 Å². The van der Waals surface area contributed by atoms with Crippen molar-refractivity contribution in [2.45, 2.75) is 51.0 Å². The van der Waals surface area contributed by atoms with E-state index >= 15 is 0 Å². The number of carboxylic acids is 1. The maximum Gasteiger partial charge on any atom is 0.312 e. The van der Waals surface area contributed by atoms with Crippen LogP contribution in [0, 0.1) is 0 Å². The molecule has 0 saturated carbocycles. The maximum absolute atomic E-state index is 12.4. The topological polar surface area (TPSA) is 59.3 Å². The molecular weight excluding hydrogens is 302 g/mol. The first-order valence-corrected chi connectivity index (χ1v) is 8.66. The van der Waals surface area contributed by atoms with Gasteiger partial charge in [-0.2, -0.15) is 0 Å². The summed E-state index contributed by atoms with van der Waals surface area (Å²) in [5.74, 6) is -1.13. The molecule has 1 N–H and O–H groups in total. The van der Waals surface area contributed by atoms with Gasteiger partial charge in [-0.25, -0.2) is 0 Å². The summed E-state index contributed by atoms with van der Waals surface area (Å²) < 4.78 is 1.89. The number of nitrogens with zero attached hydrogens (tertiary/aromatic N) is 1. The quantitative estimate of drug-likeness (QED) is 0.588. The van der Waals surface area contributed by atoms with E-state index in [2.05, 4.69) is 24.3 Å². The zero-order valence-corrected chi connectivity index (χ0v) is 13.8. The van der Waals surface area contributed by atoms with E-state index in [9.17, 15) is 14.7 Å². The number of ketones is 1. The average molecular weight is 325 g/mol. The second-order valence-corrected chi connectivity index (χ2v) is 6.44. The first-order valence-electron chi connectivity index (χ1n) is 8.66. The Balaban J connectivity index is 1.46. The monoisotopic (exact) mass is 325 g/mol. The summed E-state index contributed by atoms with van der Waals surface area (Å²) in [5, 5.41) is 9.20. The SMILES string of the molecule is O=C(CCCCCc1ccccc1)c1ccc2n1CCC2C(=O)O. The third-order valence-electron chi connectivity index (χ3n) is 4.81. The molecule has 2 heterocycles. The molecule has 1 aliphatic rings. The van der Waals surface area contributed by atoms with Crippen LogP contribution in [0.3, 0.4) is 0 Å². The highest BCUT2D eigenvalue weighted by Gasteiger charge is 2.31. The van der Waals surface area contributed by atoms with Gasteiger partial charge in [0.05, 0.1) is 11.6 Å². The number of carbonyl (C=O) groups excluding carboxylic acids is 1. The molecule has 0 saturated heterocycles. The van der Waals surface area contributed by atoms with Crippen molar-refractivity contribution in [2.24, 2.45) is 0 Å². The van der Waals surface area contributed by atoms with Crippen LogP contribution in [-0.4, -0.2) is 21.4 Å². The van der Waals surface area contributed by atoms with Crippen LogP contribution in [0.1, 0.15) is 59.8 Å². The first kappa shape index (κ1) is 16.5. The lowest BCUT2D eigenvalue weighted by Gasteiger charge is -2.06.